The topological polar surface area (TPSA) is 58.6 Å². The van der Waals surface area contributed by atoms with Crippen molar-refractivity contribution < 1.29 is 30.7 Å². The maximum Gasteiger partial charge on any atom is 0.573 e. The zero-order valence-electron chi connectivity index (χ0n) is 15.5. The lowest BCUT2D eigenvalue weighted by Crippen LogP contribution is -2.45. The molecule has 3 rings (SSSR count). The van der Waals surface area contributed by atoms with Crippen LogP contribution < -0.4 is 14.4 Å². The molecule has 1 aliphatic heterocycles. The smallest absolute Gasteiger partial charge is 0.404 e. The second-order valence-corrected chi connectivity index (χ2v) is 8.51. The normalized spacial score (nSPS) is 16.1. The highest BCUT2D eigenvalue weighted by Crippen LogP contribution is 2.30. The average molecular weight is 432 g/mol. The molecule has 1 aliphatic rings. The zero-order valence-corrected chi connectivity index (χ0v) is 16.4. The van der Waals surface area contributed by atoms with Gasteiger partial charge in [-0.2, -0.15) is 0 Å². The summed E-state index contributed by atoms with van der Waals surface area (Å²) in [6.45, 7) is 2.67. The first-order chi connectivity index (χ1) is 13.5. The van der Waals surface area contributed by atoms with Crippen LogP contribution in [0, 0.1) is 12.7 Å². The first kappa shape index (κ1) is 21.4. The number of piperidine rings is 1. The first-order valence-corrected chi connectivity index (χ1v) is 10.4. The summed E-state index contributed by atoms with van der Waals surface area (Å²) in [5.41, 5.74) is 1.36. The minimum Gasteiger partial charge on any atom is -0.404 e. The van der Waals surface area contributed by atoms with E-state index >= 15 is 0 Å². The molecule has 0 amide bonds. The molecular weight excluding hydrogens is 412 g/mol. The van der Waals surface area contributed by atoms with Gasteiger partial charge in [-0.3, -0.25) is 0 Å². The number of benzene rings is 2. The summed E-state index contributed by atoms with van der Waals surface area (Å²) in [4.78, 5) is 1.25. The number of nitrogens with zero attached hydrogens (tertiary/aromatic N) is 1. The summed E-state index contributed by atoms with van der Waals surface area (Å²) in [6, 6.07) is 8.88. The molecule has 0 saturated carbocycles. The van der Waals surface area contributed by atoms with Crippen molar-refractivity contribution in [3.8, 4) is 5.75 Å². The molecule has 0 spiro atoms. The summed E-state index contributed by atoms with van der Waals surface area (Å²) in [7, 11) is -4.23. The number of hydrogen-bond acceptors (Lipinski definition) is 4. The molecule has 1 N–H and O–H groups in total. The fraction of sp³-hybridized carbons (Fsp3) is 0.368. The van der Waals surface area contributed by atoms with Gasteiger partial charge in [-0.1, -0.05) is 18.2 Å². The van der Waals surface area contributed by atoms with Gasteiger partial charge in [-0.15, -0.1) is 13.2 Å². The van der Waals surface area contributed by atoms with Crippen LogP contribution in [0.3, 0.4) is 0 Å². The van der Waals surface area contributed by atoms with Crippen LogP contribution in [0.15, 0.2) is 47.4 Å². The van der Waals surface area contributed by atoms with Gasteiger partial charge in [0.2, 0.25) is 10.0 Å². The fourth-order valence-corrected chi connectivity index (χ4v) is 4.70. The molecule has 0 bridgehead atoms. The molecule has 2 aromatic carbocycles. The van der Waals surface area contributed by atoms with E-state index in [1.165, 1.54) is 18.2 Å². The summed E-state index contributed by atoms with van der Waals surface area (Å²) >= 11 is 0. The Labute approximate surface area is 166 Å². The van der Waals surface area contributed by atoms with Crippen LogP contribution in [-0.2, 0) is 10.0 Å². The van der Waals surface area contributed by atoms with Crippen molar-refractivity contribution in [1.29, 1.82) is 0 Å². The van der Waals surface area contributed by atoms with Gasteiger partial charge < -0.3 is 9.64 Å². The molecule has 10 heteroatoms. The lowest BCUT2D eigenvalue weighted by molar-refractivity contribution is -0.275. The maximum atomic E-state index is 14.1. The number of anilines is 1. The Morgan fingerprint density at radius 2 is 1.76 bits per heavy atom. The van der Waals surface area contributed by atoms with Crippen molar-refractivity contribution in [2.45, 2.75) is 37.1 Å². The van der Waals surface area contributed by atoms with E-state index < -0.39 is 33.1 Å². The zero-order chi connectivity index (χ0) is 21.2. The first-order valence-electron chi connectivity index (χ1n) is 8.93. The second-order valence-electron chi connectivity index (χ2n) is 6.83. The molecule has 158 valence electrons. The Balaban J connectivity index is 1.70. The van der Waals surface area contributed by atoms with E-state index in [-0.39, 0.29) is 5.82 Å². The van der Waals surface area contributed by atoms with E-state index in [1.807, 2.05) is 11.8 Å². The number of sulfonamides is 1. The largest absolute Gasteiger partial charge is 0.573 e. The highest BCUT2D eigenvalue weighted by atomic mass is 32.2. The highest BCUT2D eigenvalue weighted by Gasteiger charge is 2.34. The Kier molecular flexibility index (Phi) is 6.04. The number of rotatable bonds is 5. The molecule has 5 nitrogen and oxygen atoms in total. The van der Waals surface area contributed by atoms with Gasteiger partial charge in [0.15, 0.2) is 0 Å². The Morgan fingerprint density at radius 1 is 1.10 bits per heavy atom. The highest BCUT2D eigenvalue weighted by molar-refractivity contribution is 7.89. The summed E-state index contributed by atoms with van der Waals surface area (Å²) in [5.74, 6) is -1.14. The van der Waals surface area contributed by atoms with Gasteiger partial charge in [0, 0.05) is 19.1 Å². The molecular formula is C19H20F4N2O3S. The van der Waals surface area contributed by atoms with E-state index in [9.17, 15) is 26.0 Å². The van der Waals surface area contributed by atoms with Gasteiger partial charge in [0.25, 0.3) is 0 Å². The lowest BCUT2D eigenvalue weighted by atomic mass is 10.0. The predicted octanol–water partition coefficient (Wildman–Crippen LogP) is 3.98. The van der Waals surface area contributed by atoms with E-state index in [2.05, 4.69) is 9.46 Å². The third kappa shape index (κ3) is 5.39. The van der Waals surface area contributed by atoms with Crippen LogP contribution in [-0.4, -0.2) is 33.9 Å². The van der Waals surface area contributed by atoms with Crippen molar-refractivity contribution in [2.75, 3.05) is 18.0 Å². The van der Waals surface area contributed by atoms with Crippen LogP contribution in [0.1, 0.15) is 18.4 Å². The van der Waals surface area contributed by atoms with Crippen LogP contribution in [0.5, 0.6) is 5.75 Å². The molecule has 1 heterocycles. The van der Waals surface area contributed by atoms with Crippen LogP contribution in [0.2, 0.25) is 0 Å². The molecule has 1 fully saturated rings. The van der Waals surface area contributed by atoms with Gasteiger partial charge in [-0.05, 0) is 49.6 Å². The van der Waals surface area contributed by atoms with Gasteiger partial charge in [0.05, 0.1) is 5.69 Å². The summed E-state index contributed by atoms with van der Waals surface area (Å²) < 4.78 is 83.3. The third-order valence-electron chi connectivity index (χ3n) is 4.62. The lowest BCUT2D eigenvalue weighted by Gasteiger charge is -2.34. The molecule has 2 aromatic rings. The second kappa shape index (κ2) is 8.19. The standard InChI is InChI=1S/C19H20F4N2O3S/c1-13-6-7-15(20)16(12-13)25-10-8-14(9-11-25)24-29(26,27)18-5-3-2-4-17(18)28-19(21,22)23/h2-7,12,14,24H,8-11H2,1H3. The molecule has 0 unspecified atom stereocenters. The molecule has 1 saturated heterocycles. The number of halogens is 4. The fourth-order valence-electron chi connectivity index (χ4n) is 3.27. The van der Waals surface area contributed by atoms with Crippen molar-refractivity contribution in [2.24, 2.45) is 0 Å². The van der Waals surface area contributed by atoms with E-state index in [4.69, 9.17) is 0 Å². The van der Waals surface area contributed by atoms with Crippen LogP contribution in [0.4, 0.5) is 23.2 Å². The minimum atomic E-state index is -5.01. The number of alkyl halides is 3. The van der Waals surface area contributed by atoms with Crippen molar-refractivity contribution >= 4 is 15.7 Å². The summed E-state index contributed by atoms with van der Waals surface area (Å²) in [6.07, 6.45) is -4.24. The Bertz CT molecular complexity index is 972. The van der Waals surface area contributed by atoms with Gasteiger partial charge in [-0.25, -0.2) is 17.5 Å². The van der Waals surface area contributed by atoms with E-state index in [0.29, 0.717) is 31.6 Å². The molecule has 29 heavy (non-hydrogen) atoms. The molecule has 0 aliphatic carbocycles. The number of ether oxygens (including phenoxy) is 1. The van der Waals surface area contributed by atoms with E-state index in [1.54, 1.807) is 12.1 Å². The SMILES string of the molecule is Cc1ccc(F)c(N2CCC(NS(=O)(=O)c3ccccc3OC(F)(F)F)CC2)c1. The number of aryl methyl sites for hydroxylation is 1. The third-order valence-corrected chi connectivity index (χ3v) is 6.18. The average Bonchev–Trinajstić information content (AvgIpc) is 2.63. The van der Waals surface area contributed by atoms with Crippen LogP contribution >= 0.6 is 0 Å². The molecule has 0 aromatic heterocycles. The minimum absolute atomic E-state index is 0.354. The summed E-state index contributed by atoms with van der Waals surface area (Å²) in [5, 5.41) is 0. The van der Waals surface area contributed by atoms with Crippen molar-refractivity contribution in [1.82, 2.24) is 4.72 Å². The maximum absolute atomic E-state index is 14.1. The quantitative estimate of drug-likeness (QED) is 0.727. The van der Waals surface area contributed by atoms with Gasteiger partial charge >= 0.3 is 6.36 Å². The van der Waals surface area contributed by atoms with Crippen molar-refractivity contribution in [3.63, 3.8) is 0 Å². The molecule has 0 radical (unpaired) electrons. The van der Waals surface area contributed by atoms with Crippen LogP contribution in [0.25, 0.3) is 0 Å². The Hall–Kier alpha value is -2.33. The number of para-hydroxylation sites is 1. The number of nitrogens with one attached hydrogen (secondary N) is 1. The van der Waals surface area contributed by atoms with E-state index in [0.717, 1.165) is 17.7 Å². The molecule has 0 atom stereocenters. The number of hydrogen-bond donors (Lipinski definition) is 1. The monoisotopic (exact) mass is 432 g/mol. The van der Waals surface area contributed by atoms with Gasteiger partial charge in [0.1, 0.15) is 16.5 Å². The predicted molar refractivity (Wildman–Crippen MR) is 99.8 cm³/mol. The Morgan fingerprint density at radius 3 is 2.41 bits per heavy atom. The van der Waals surface area contributed by atoms with Crippen molar-refractivity contribution in [3.05, 3.63) is 53.8 Å².